The average Bonchev–Trinajstić information content (AvgIpc) is 3.31. The quantitative estimate of drug-likeness (QED) is 0.297. The van der Waals surface area contributed by atoms with Gasteiger partial charge in [0.25, 0.3) is 5.91 Å². The molecule has 8 nitrogen and oxygen atoms in total. The minimum atomic E-state index is -1.09. The van der Waals surface area contributed by atoms with E-state index < -0.39 is 12.0 Å². The van der Waals surface area contributed by atoms with E-state index >= 15 is 0 Å². The Bertz CT molecular complexity index is 1400. The summed E-state index contributed by atoms with van der Waals surface area (Å²) in [6.07, 6.45) is 1.90. The van der Waals surface area contributed by atoms with Crippen LogP contribution in [-0.2, 0) is 17.8 Å². The van der Waals surface area contributed by atoms with Gasteiger partial charge in [0, 0.05) is 29.8 Å². The average molecular weight is 499 g/mol. The first kappa shape index (κ1) is 25.6. The number of carboxylic acids is 1. The zero-order valence-electron chi connectivity index (χ0n) is 21.3. The number of aryl methyl sites for hydroxylation is 4. The van der Waals surface area contributed by atoms with E-state index in [1.165, 1.54) is 0 Å². The molecule has 1 unspecified atom stereocenters. The molecule has 0 aliphatic rings. The SMILES string of the molecule is Cc1ccnc(NCc2cc(-c3ccc(CC(NC(=O)c4c(C)cc(C)cc4C)C(=O)O)cc3)on2)c1. The lowest BCUT2D eigenvalue weighted by Gasteiger charge is -2.17. The number of aromatic nitrogens is 2. The second kappa shape index (κ2) is 11.1. The van der Waals surface area contributed by atoms with Crippen molar-refractivity contribution in [1.29, 1.82) is 0 Å². The highest BCUT2D eigenvalue weighted by molar-refractivity contribution is 5.99. The predicted molar refractivity (Wildman–Crippen MR) is 141 cm³/mol. The lowest BCUT2D eigenvalue weighted by molar-refractivity contribution is -0.139. The van der Waals surface area contributed by atoms with E-state index in [-0.39, 0.29) is 12.3 Å². The van der Waals surface area contributed by atoms with Gasteiger partial charge in [-0.1, -0.05) is 47.1 Å². The summed E-state index contributed by atoms with van der Waals surface area (Å²) < 4.78 is 5.49. The molecule has 2 aromatic heterocycles. The van der Waals surface area contributed by atoms with Crippen LogP contribution in [-0.4, -0.2) is 33.2 Å². The number of nitrogens with one attached hydrogen (secondary N) is 2. The van der Waals surface area contributed by atoms with Gasteiger partial charge in [-0.15, -0.1) is 0 Å². The number of benzene rings is 2. The first-order valence-corrected chi connectivity index (χ1v) is 12.0. The molecule has 4 rings (SSSR count). The number of carboxylic acid groups (broad SMARTS) is 1. The molecule has 0 fully saturated rings. The Morgan fingerprint density at radius 2 is 1.65 bits per heavy atom. The number of pyridine rings is 1. The highest BCUT2D eigenvalue weighted by atomic mass is 16.5. The molecule has 0 saturated heterocycles. The van der Waals surface area contributed by atoms with E-state index in [1.807, 2.05) is 82.3 Å². The van der Waals surface area contributed by atoms with Gasteiger partial charge >= 0.3 is 5.97 Å². The molecule has 0 saturated carbocycles. The van der Waals surface area contributed by atoms with Crippen LogP contribution >= 0.6 is 0 Å². The molecule has 0 aliphatic carbocycles. The lowest BCUT2D eigenvalue weighted by atomic mass is 9.98. The van der Waals surface area contributed by atoms with E-state index in [2.05, 4.69) is 20.8 Å². The zero-order valence-corrected chi connectivity index (χ0v) is 21.3. The highest BCUT2D eigenvalue weighted by Crippen LogP contribution is 2.22. The van der Waals surface area contributed by atoms with Crippen molar-refractivity contribution >= 4 is 17.7 Å². The van der Waals surface area contributed by atoms with E-state index in [9.17, 15) is 14.7 Å². The third kappa shape index (κ3) is 6.41. The van der Waals surface area contributed by atoms with Gasteiger partial charge in [0.05, 0.1) is 6.54 Å². The van der Waals surface area contributed by atoms with Gasteiger partial charge in [0.2, 0.25) is 0 Å². The first-order chi connectivity index (χ1) is 17.7. The molecular weight excluding hydrogens is 468 g/mol. The summed E-state index contributed by atoms with van der Waals surface area (Å²) in [6.45, 7) is 8.15. The Hall–Kier alpha value is -4.46. The van der Waals surface area contributed by atoms with Crippen molar-refractivity contribution in [1.82, 2.24) is 15.5 Å². The molecule has 190 valence electrons. The molecule has 8 heteroatoms. The second-order valence-corrected chi connectivity index (χ2v) is 9.29. The monoisotopic (exact) mass is 498 g/mol. The van der Waals surface area contributed by atoms with Crippen molar-refractivity contribution < 1.29 is 19.2 Å². The van der Waals surface area contributed by atoms with Gasteiger partial charge in [-0.3, -0.25) is 4.79 Å². The molecule has 3 N–H and O–H groups in total. The van der Waals surface area contributed by atoms with Crippen LogP contribution < -0.4 is 10.6 Å². The van der Waals surface area contributed by atoms with Crippen LogP contribution in [0.3, 0.4) is 0 Å². The number of carbonyl (C=O) groups excluding carboxylic acids is 1. The smallest absolute Gasteiger partial charge is 0.326 e. The third-order valence-electron chi connectivity index (χ3n) is 6.11. The number of anilines is 1. The van der Waals surface area contributed by atoms with Crippen molar-refractivity contribution in [3.05, 3.63) is 99.9 Å². The first-order valence-electron chi connectivity index (χ1n) is 12.0. The van der Waals surface area contributed by atoms with E-state index in [4.69, 9.17) is 4.52 Å². The summed E-state index contributed by atoms with van der Waals surface area (Å²) in [5, 5.41) is 19.8. The van der Waals surface area contributed by atoms with Gasteiger partial charge in [0.15, 0.2) is 5.76 Å². The Balaban J connectivity index is 1.40. The number of rotatable bonds is 9. The van der Waals surface area contributed by atoms with Gasteiger partial charge < -0.3 is 20.3 Å². The minimum absolute atomic E-state index is 0.153. The van der Waals surface area contributed by atoms with Crippen molar-refractivity contribution in [3.63, 3.8) is 0 Å². The Morgan fingerprint density at radius 1 is 0.946 bits per heavy atom. The summed E-state index contributed by atoms with van der Waals surface area (Å²) >= 11 is 0. The fraction of sp³-hybridized carbons (Fsp3) is 0.241. The number of amides is 1. The number of hydrogen-bond donors (Lipinski definition) is 3. The van der Waals surface area contributed by atoms with E-state index in [1.54, 1.807) is 6.20 Å². The van der Waals surface area contributed by atoms with Crippen molar-refractivity contribution in [2.75, 3.05) is 5.32 Å². The van der Waals surface area contributed by atoms with Crippen LogP contribution in [0, 0.1) is 27.7 Å². The summed E-state index contributed by atoms with van der Waals surface area (Å²) in [5.74, 6) is -0.103. The number of aliphatic carboxylic acids is 1. The number of carbonyl (C=O) groups is 2. The van der Waals surface area contributed by atoms with Gasteiger partial charge in [0.1, 0.15) is 17.6 Å². The fourth-order valence-electron chi connectivity index (χ4n) is 4.35. The summed E-state index contributed by atoms with van der Waals surface area (Å²) in [6, 6.07) is 15.9. The van der Waals surface area contributed by atoms with Crippen LogP contribution in [0.15, 0.2) is 65.3 Å². The molecule has 2 aromatic carbocycles. The maximum atomic E-state index is 12.9. The topological polar surface area (TPSA) is 117 Å². The second-order valence-electron chi connectivity index (χ2n) is 9.29. The van der Waals surface area contributed by atoms with Crippen molar-refractivity contribution in [3.8, 4) is 11.3 Å². The van der Waals surface area contributed by atoms with Crippen molar-refractivity contribution in [2.45, 2.75) is 46.7 Å². The van der Waals surface area contributed by atoms with E-state index in [0.29, 0.717) is 17.9 Å². The summed E-state index contributed by atoms with van der Waals surface area (Å²) in [5.41, 5.74) is 6.65. The van der Waals surface area contributed by atoms with E-state index in [0.717, 1.165) is 44.9 Å². The number of hydrogen-bond acceptors (Lipinski definition) is 6. The molecule has 0 spiro atoms. The lowest BCUT2D eigenvalue weighted by Crippen LogP contribution is -2.42. The largest absolute Gasteiger partial charge is 0.480 e. The normalized spacial score (nSPS) is 11.7. The molecule has 0 aliphatic heterocycles. The Morgan fingerprint density at radius 3 is 2.30 bits per heavy atom. The van der Waals surface area contributed by atoms with Crippen LogP contribution in [0.25, 0.3) is 11.3 Å². The molecule has 2 heterocycles. The number of nitrogens with zero attached hydrogens (tertiary/aromatic N) is 2. The fourth-order valence-corrected chi connectivity index (χ4v) is 4.35. The summed E-state index contributed by atoms with van der Waals surface area (Å²) in [7, 11) is 0. The van der Waals surface area contributed by atoms with Crippen molar-refractivity contribution in [2.24, 2.45) is 0 Å². The highest BCUT2D eigenvalue weighted by Gasteiger charge is 2.23. The van der Waals surface area contributed by atoms with Gasteiger partial charge in [-0.05, 0) is 62.1 Å². The molecule has 0 bridgehead atoms. The molecule has 0 radical (unpaired) electrons. The Labute approximate surface area is 215 Å². The molecular formula is C29H30N4O4. The standard InChI is InChI=1S/C29H30N4O4/c1-17-9-10-30-26(13-17)31-16-23-15-25(37-33-23)22-7-5-21(6-8-22)14-24(29(35)36)32-28(34)27-19(3)11-18(2)12-20(27)4/h5-13,15,24H,14,16H2,1-4H3,(H,30,31)(H,32,34)(H,35,36). The molecule has 1 amide bonds. The van der Waals surface area contributed by atoms with Crippen LogP contribution in [0.1, 0.15) is 43.9 Å². The van der Waals surface area contributed by atoms with Crippen LogP contribution in [0.2, 0.25) is 0 Å². The maximum Gasteiger partial charge on any atom is 0.326 e. The maximum absolute atomic E-state index is 12.9. The molecule has 1 atom stereocenters. The molecule has 4 aromatic rings. The molecule has 37 heavy (non-hydrogen) atoms. The van der Waals surface area contributed by atoms with Gasteiger partial charge in [-0.2, -0.15) is 0 Å². The van der Waals surface area contributed by atoms with Gasteiger partial charge in [-0.25, -0.2) is 9.78 Å². The van der Waals surface area contributed by atoms with Crippen LogP contribution in [0.4, 0.5) is 5.82 Å². The minimum Gasteiger partial charge on any atom is -0.480 e. The van der Waals surface area contributed by atoms with Crippen LogP contribution in [0.5, 0.6) is 0 Å². The zero-order chi connectivity index (χ0) is 26.5. The predicted octanol–water partition coefficient (Wildman–Crippen LogP) is 5.01. The summed E-state index contributed by atoms with van der Waals surface area (Å²) in [4.78, 5) is 29.1. The third-order valence-corrected chi connectivity index (χ3v) is 6.11. The Kier molecular flexibility index (Phi) is 7.67.